The number of alkyl halides is 3. The molecule has 0 aliphatic carbocycles. The van der Waals surface area contributed by atoms with Gasteiger partial charge in [0.05, 0.1) is 21.0 Å². The second kappa shape index (κ2) is 7.90. The highest BCUT2D eigenvalue weighted by molar-refractivity contribution is 7.89. The molecule has 0 saturated carbocycles. The zero-order valence-electron chi connectivity index (χ0n) is 15.6. The number of nitrogens with zero attached hydrogens (tertiary/aromatic N) is 2. The number of benzene rings is 1. The maximum atomic E-state index is 13.1. The Kier molecular flexibility index (Phi) is 6.01. The van der Waals surface area contributed by atoms with Crippen molar-refractivity contribution in [3.05, 3.63) is 50.2 Å². The first-order valence-corrected chi connectivity index (χ1v) is 11.3. The van der Waals surface area contributed by atoms with Gasteiger partial charge in [0.15, 0.2) is 0 Å². The van der Waals surface area contributed by atoms with Crippen LogP contribution < -0.4 is 0 Å². The van der Waals surface area contributed by atoms with Crippen molar-refractivity contribution in [2.45, 2.75) is 24.9 Å². The van der Waals surface area contributed by atoms with Crippen LogP contribution in [0.15, 0.2) is 29.2 Å². The summed E-state index contributed by atoms with van der Waals surface area (Å²) >= 11 is 7.08. The minimum Gasteiger partial charge on any atom is -0.336 e. The van der Waals surface area contributed by atoms with Gasteiger partial charge in [0, 0.05) is 35.9 Å². The van der Waals surface area contributed by atoms with Crippen LogP contribution in [0.5, 0.6) is 0 Å². The number of rotatable bonds is 3. The molecule has 0 spiro atoms. The van der Waals surface area contributed by atoms with Crippen LogP contribution in [0.2, 0.25) is 5.02 Å². The number of hydrogen-bond donors (Lipinski definition) is 0. The maximum Gasteiger partial charge on any atom is 0.417 e. The number of thiophene rings is 1. The van der Waals surface area contributed by atoms with E-state index < -0.39 is 31.7 Å². The Morgan fingerprint density at radius 2 is 1.72 bits per heavy atom. The summed E-state index contributed by atoms with van der Waals surface area (Å²) in [5, 5.41) is -0.562. The van der Waals surface area contributed by atoms with Gasteiger partial charge in [-0.2, -0.15) is 17.5 Å². The first kappa shape index (κ1) is 22.1. The predicted molar refractivity (Wildman–Crippen MR) is 105 cm³/mol. The van der Waals surface area contributed by atoms with E-state index in [0.717, 1.165) is 26.2 Å². The maximum absolute atomic E-state index is 13.1. The molecular formula is C18H18ClF3N2O3S2. The minimum absolute atomic E-state index is 0.000216. The summed E-state index contributed by atoms with van der Waals surface area (Å²) in [5.41, 5.74) is -0.603. The molecule has 0 unspecified atom stereocenters. The van der Waals surface area contributed by atoms with Gasteiger partial charge in [-0.15, -0.1) is 11.3 Å². The standard InChI is InChI=1S/C18H18ClF3N2O3S2/c1-11-9-14(12(2)28-11)17(25)23-5-7-24(8-6-23)29(26,27)13-3-4-16(19)15(10-13)18(20,21)22/h3-4,9-10H,5-8H2,1-2H3. The zero-order valence-corrected chi connectivity index (χ0v) is 18.0. The van der Waals surface area contributed by atoms with E-state index in [1.165, 1.54) is 11.3 Å². The van der Waals surface area contributed by atoms with Crippen molar-refractivity contribution >= 4 is 38.9 Å². The van der Waals surface area contributed by atoms with Gasteiger partial charge in [0.25, 0.3) is 5.91 Å². The van der Waals surface area contributed by atoms with Crippen LogP contribution in [0, 0.1) is 13.8 Å². The van der Waals surface area contributed by atoms with Crippen LogP contribution in [0.4, 0.5) is 13.2 Å². The number of sulfonamides is 1. The fourth-order valence-corrected chi connectivity index (χ4v) is 5.77. The monoisotopic (exact) mass is 466 g/mol. The Balaban J connectivity index is 1.77. The van der Waals surface area contributed by atoms with E-state index in [9.17, 15) is 26.4 Å². The van der Waals surface area contributed by atoms with Crippen molar-refractivity contribution in [2.75, 3.05) is 26.2 Å². The normalized spacial score (nSPS) is 16.3. The molecule has 0 N–H and O–H groups in total. The van der Waals surface area contributed by atoms with E-state index in [4.69, 9.17) is 11.6 Å². The molecular weight excluding hydrogens is 449 g/mol. The molecule has 2 aromatic rings. The van der Waals surface area contributed by atoms with Crippen LogP contribution in [-0.2, 0) is 16.2 Å². The molecule has 1 aliphatic rings. The summed E-state index contributed by atoms with van der Waals surface area (Å²) < 4.78 is 65.9. The Hall–Kier alpha value is -1.62. The lowest BCUT2D eigenvalue weighted by Gasteiger charge is -2.34. The van der Waals surface area contributed by atoms with E-state index >= 15 is 0 Å². The van der Waals surface area contributed by atoms with Crippen molar-refractivity contribution in [1.29, 1.82) is 0 Å². The molecule has 0 atom stereocenters. The van der Waals surface area contributed by atoms with Crippen LogP contribution in [0.25, 0.3) is 0 Å². The van der Waals surface area contributed by atoms with Gasteiger partial charge in [-0.3, -0.25) is 4.79 Å². The third-order valence-electron chi connectivity index (χ3n) is 4.68. The molecule has 1 fully saturated rings. The Bertz CT molecular complexity index is 1040. The van der Waals surface area contributed by atoms with Gasteiger partial charge in [-0.05, 0) is 38.1 Å². The number of piperazine rings is 1. The molecule has 3 rings (SSSR count). The van der Waals surface area contributed by atoms with Crippen molar-refractivity contribution in [1.82, 2.24) is 9.21 Å². The van der Waals surface area contributed by atoms with E-state index in [1.807, 2.05) is 13.8 Å². The average molecular weight is 467 g/mol. The fourth-order valence-electron chi connectivity index (χ4n) is 3.18. The summed E-state index contributed by atoms with van der Waals surface area (Å²) in [4.78, 5) is 15.7. The Morgan fingerprint density at radius 1 is 1.10 bits per heavy atom. The lowest BCUT2D eigenvalue weighted by Crippen LogP contribution is -2.50. The summed E-state index contributed by atoms with van der Waals surface area (Å²) in [6.07, 6.45) is -4.76. The highest BCUT2D eigenvalue weighted by Crippen LogP contribution is 2.36. The molecule has 0 bridgehead atoms. The molecule has 158 valence electrons. The summed E-state index contributed by atoms with van der Waals surface area (Å²) in [6.45, 7) is 4.07. The number of aryl methyl sites for hydroxylation is 2. The lowest BCUT2D eigenvalue weighted by molar-refractivity contribution is -0.137. The molecule has 5 nitrogen and oxygen atoms in total. The number of amides is 1. The van der Waals surface area contributed by atoms with Gasteiger partial charge < -0.3 is 4.90 Å². The largest absolute Gasteiger partial charge is 0.417 e. The quantitative estimate of drug-likeness (QED) is 0.681. The number of hydrogen-bond acceptors (Lipinski definition) is 4. The van der Waals surface area contributed by atoms with Crippen molar-refractivity contribution < 1.29 is 26.4 Å². The summed E-state index contributed by atoms with van der Waals surface area (Å²) in [6, 6.07) is 4.34. The molecule has 0 radical (unpaired) electrons. The molecule has 29 heavy (non-hydrogen) atoms. The zero-order chi connectivity index (χ0) is 21.6. The third-order valence-corrected chi connectivity index (χ3v) is 7.87. The van der Waals surface area contributed by atoms with Gasteiger partial charge in [0.1, 0.15) is 0 Å². The van der Waals surface area contributed by atoms with E-state index in [-0.39, 0.29) is 32.1 Å². The van der Waals surface area contributed by atoms with E-state index in [0.29, 0.717) is 11.6 Å². The average Bonchev–Trinajstić information content (AvgIpc) is 2.98. The SMILES string of the molecule is Cc1cc(C(=O)N2CCN(S(=O)(=O)c3ccc(Cl)c(C(F)(F)F)c3)CC2)c(C)s1. The van der Waals surface area contributed by atoms with Gasteiger partial charge in [-0.25, -0.2) is 8.42 Å². The van der Waals surface area contributed by atoms with Gasteiger partial charge >= 0.3 is 6.18 Å². The first-order valence-electron chi connectivity index (χ1n) is 8.64. The second-order valence-electron chi connectivity index (χ2n) is 6.66. The van der Waals surface area contributed by atoms with Crippen molar-refractivity contribution in [2.24, 2.45) is 0 Å². The predicted octanol–water partition coefficient (Wildman–Crippen LogP) is 4.18. The molecule has 2 heterocycles. The number of halogens is 4. The minimum atomic E-state index is -4.76. The van der Waals surface area contributed by atoms with Crippen molar-refractivity contribution in [3.8, 4) is 0 Å². The van der Waals surface area contributed by atoms with Gasteiger partial charge in [-0.1, -0.05) is 11.6 Å². The fraction of sp³-hybridized carbons (Fsp3) is 0.389. The topological polar surface area (TPSA) is 57.7 Å². The highest BCUT2D eigenvalue weighted by atomic mass is 35.5. The summed E-state index contributed by atoms with van der Waals surface area (Å²) in [7, 11) is -4.14. The molecule has 1 amide bonds. The smallest absolute Gasteiger partial charge is 0.336 e. The van der Waals surface area contributed by atoms with E-state index in [1.54, 1.807) is 11.0 Å². The van der Waals surface area contributed by atoms with Crippen molar-refractivity contribution in [3.63, 3.8) is 0 Å². The highest BCUT2D eigenvalue weighted by Gasteiger charge is 2.36. The lowest BCUT2D eigenvalue weighted by atomic mass is 10.2. The second-order valence-corrected chi connectivity index (χ2v) is 10.5. The first-order chi connectivity index (χ1) is 13.4. The van der Waals surface area contributed by atoms with Crippen LogP contribution >= 0.6 is 22.9 Å². The molecule has 1 aromatic carbocycles. The molecule has 1 aromatic heterocycles. The number of carbonyl (C=O) groups excluding carboxylic acids is 1. The number of carbonyl (C=O) groups is 1. The Morgan fingerprint density at radius 3 is 2.24 bits per heavy atom. The summed E-state index contributed by atoms with van der Waals surface area (Å²) in [5.74, 6) is -0.172. The third kappa shape index (κ3) is 4.45. The van der Waals surface area contributed by atoms with Crippen LogP contribution in [0.1, 0.15) is 25.7 Å². The molecule has 11 heteroatoms. The van der Waals surface area contributed by atoms with Gasteiger partial charge in [0.2, 0.25) is 10.0 Å². The Labute approximate surface area is 175 Å². The molecule has 1 saturated heterocycles. The molecule has 1 aliphatic heterocycles. The van der Waals surface area contributed by atoms with E-state index in [2.05, 4.69) is 0 Å². The van der Waals surface area contributed by atoms with Crippen LogP contribution in [0.3, 0.4) is 0 Å². The van der Waals surface area contributed by atoms with Crippen LogP contribution in [-0.4, -0.2) is 49.7 Å².